The summed E-state index contributed by atoms with van der Waals surface area (Å²) >= 11 is 0. The summed E-state index contributed by atoms with van der Waals surface area (Å²) in [5.74, 6) is 1.01. The minimum absolute atomic E-state index is 0.110. The maximum Gasteiger partial charge on any atom is 0.220 e. The summed E-state index contributed by atoms with van der Waals surface area (Å²) in [6.07, 6.45) is 8.56. The van der Waals surface area contributed by atoms with Crippen LogP contribution in [0, 0.1) is 5.92 Å². The third-order valence-electron chi connectivity index (χ3n) is 5.73. The average molecular weight is 368 g/mol. The third-order valence-corrected chi connectivity index (χ3v) is 5.73. The number of pyridine rings is 1. The molecule has 0 radical (unpaired) electrons. The highest BCUT2D eigenvalue weighted by Crippen LogP contribution is 2.44. The van der Waals surface area contributed by atoms with Crippen LogP contribution in [-0.2, 0) is 11.3 Å². The van der Waals surface area contributed by atoms with Crippen molar-refractivity contribution >= 4 is 5.91 Å². The normalized spacial score (nSPS) is 24.9. The smallest absolute Gasteiger partial charge is 0.220 e. The van der Waals surface area contributed by atoms with E-state index in [-0.39, 0.29) is 5.91 Å². The quantitative estimate of drug-likeness (QED) is 0.694. The number of aromatic nitrogens is 3. The van der Waals surface area contributed by atoms with Crippen molar-refractivity contribution in [3.05, 3.63) is 36.4 Å². The van der Waals surface area contributed by atoms with Crippen LogP contribution in [0.25, 0.3) is 11.1 Å². The lowest BCUT2D eigenvalue weighted by molar-refractivity contribution is -0.122. The van der Waals surface area contributed by atoms with E-state index < -0.39 is 0 Å². The molecule has 1 saturated heterocycles. The summed E-state index contributed by atoms with van der Waals surface area (Å²) in [5.41, 5.74) is 10.1. The zero-order chi connectivity index (χ0) is 18.8. The van der Waals surface area contributed by atoms with Gasteiger partial charge in [-0.1, -0.05) is 0 Å². The number of hydrazine groups is 1. The first kappa shape index (κ1) is 18.1. The summed E-state index contributed by atoms with van der Waals surface area (Å²) in [4.78, 5) is 16.4. The summed E-state index contributed by atoms with van der Waals surface area (Å²) in [7, 11) is 0. The molecular formula is C20H28N6O. The Hall–Kier alpha value is -2.25. The molecule has 2 aromatic heterocycles. The minimum atomic E-state index is 0.110. The maximum atomic E-state index is 12.3. The highest BCUT2D eigenvalue weighted by atomic mass is 16.1. The fraction of sp³-hybridized carbons (Fsp3) is 0.550. The van der Waals surface area contributed by atoms with Crippen molar-refractivity contribution < 1.29 is 4.79 Å². The van der Waals surface area contributed by atoms with E-state index in [1.165, 1.54) is 24.1 Å². The van der Waals surface area contributed by atoms with E-state index in [4.69, 9.17) is 0 Å². The first-order valence-corrected chi connectivity index (χ1v) is 9.87. The van der Waals surface area contributed by atoms with Crippen LogP contribution in [0.5, 0.6) is 0 Å². The van der Waals surface area contributed by atoms with Crippen molar-refractivity contribution in [2.24, 2.45) is 5.92 Å². The molecule has 1 aliphatic carbocycles. The van der Waals surface area contributed by atoms with Crippen LogP contribution in [0.2, 0.25) is 0 Å². The lowest BCUT2D eigenvalue weighted by Crippen LogP contribution is -2.33. The van der Waals surface area contributed by atoms with E-state index in [0.717, 1.165) is 5.56 Å². The second-order valence-electron chi connectivity index (χ2n) is 7.76. The molecule has 2 aromatic rings. The van der Waals surface area contributed by atoms with E-state index in [1.807, 2.05) is 30.7 Å². The largest absolute Gasteiger partial charge is 0.354 e. The van der Waals surface area contributed by atoms with Gasteiger partial charge in [0.15, 0.2) is 0 Å². The van der Waals surface area contributed by atoms with Gasteiger partial charge in [0.05, 0.1) is 12.7 Å². The second kappa shape index (κ2) is 7.78. The summed E-state index contributed by atoms with van der Waals surface area (Å²) in [5, 5.41) is 7.67. The predicted molar refractivity (Wildman–Crippen MR) is 104 cm³/mol. The van der Waals surface area contributed by atoms with E-state index in [0.29, 0.717) is 43.4 Å². The highest BCUT2D eigenvalue weighted by Gasteiger charge is 2.32. The second-order valence-corrected chi connectivity index (χ2v) is 7.76. The zero-order valence-electron chi connectivity index (χ0n) is 16.0. The molecule has 0 spiro atoms. The van der Waals surface area contributed by atoms with Gasteiger partial charge in [0.2, 0.25) is 5.91 Å². The molecule has 1 aliphatic heterocycles. The highest BCUT2D eigenvalue weighted by molar-refractivity contribution is 5.76. The number of amides is 1. The van der Waals surface area contributed by atoms with Crippen LogP contribution in [0.4, 0.5) is 0 Å². The Kier molecular flexibility index (Phi) is 5.22. The van der Waals surface area contributed by atoms with Crippen LogP contribution in [0.1, 0.15) is 44.7 Å². The van der Waals surface area contributed by atoms with E-state index in [2.05, 4.69) is 44.8 Å². The molecule has 1 amide bonds. The average Bonchev–Trinajstić information content (AvgIpc) is 3.36. The van der Waals surface area contributed by atoms with Gasteiger partial charge in [0.1, 0.15) is 0 Å². The molecule has 3 heterocycles. The van der Waals surface area contributed by atoms with Crippen molar-refractivity contribution in [3.8, 4) is 11.1 Å². The molecule has 3 N–H and O–H groups in total. The molecule has 0 aromatic carbocycles. The third kappa shape index (κ3) is 4.04. The fourth-order valence-electron chi connectivity index (χ4n) is 3.97. The molecule has 4 rings (SSSR count). The molecule has 1 saturated carbocycles. The number of rotatable bonds is 7. The molecule has 7 nitrogen and oxygen atoms in total. The van der Waals surface area contributed by atoms with Crippen LogP contribution < -0.4 is 16.2 Å². The minimum Gasteiger partial charge on any atom is -0.354 e. The van der Waals surface area contributed by atoms with E-state index >= 15 is 0 Å². The molecule has 144 valence electrons. The first-order valence-electron chi connectivity index (χ1n) is 9.87. The molecule has 7 heteroatoms. The summed E-state index contributed by atoms with van der Waals surface area (Å²) < 4.78 is 2.07. The Bertz CT molecular complexity index is 775. The van der Waals surface area contributed by atoms with Gasteiger partial charge in [0, 0.05) is 60.5 Å². The van der Waals surface area contributed by atoms with Gasteiger partial charge in [-0.05, 0) is 44.4 Å². The van der Waals surface area contributed by atoms with Crippen molar-refractivity contribution in [3.63, 3.8) is 0 Å². The summed E-state index contributed by atoms with van der Waals surface area (Å²) in [6.45, 7) is 5.53. The number of carbonyl (C=O) groups is 1. The van der Waals surface area contributed by atoms with E-state index in [1.54, 1.807) is 0 Å². The number of hydrogen-bond donors (Lipinski definition) is 3. The Morgan fingerprint density at radius 1 is 1.22 bits per heavy atom. The fourth-order valence-corrected chi connectivity index (χ4v) is 3.97. The van der Waals surface area contributed by atoms with E-state index in [9.17, 15) is 4.79 Å². The van der Waals surface area contributed by atoms with Crippen molar-refractivity contribution in [1.29, 1.82) is 0 Å². The maximum absolute atomic E-state index is 12.3. The molecule has 2 fully saturated rings. The van der Waals surface area contributed by atoms with Crippen molar-refractivity contribution in [1.82, 2.24) is 30.9 Å². The molecule has 2 unspecified atom stereocenters. The lowest BCUT2D eigenvalue weighted by atomic mass is 9.93. The first-order chi connectivity index (χ1) is 13.1. The monoisotopic (exact) mass is 368 g/mol. The molecular weight excluding hydrogens is 340 g/mol. The Labute approximate surface area is 159 Å². The lowest BCUT2D eigenvalue weighted by Gasteiger charge is -2.17. The van der Waals surface area contributed by atoms with Crippen LogP contribution in [0.15, 0.2) is 30.7 Å². The molecule has 2 atom stereocenters. The Morgan fingerprint density at radius 2 is 1.93 bits per heavy atom. The zero-order valence-corrected chi connectivity index (χ0v) is 16.0. The van der Waals surface area contributed by atoms with Crippen molar-refractivity contribution in [2.75, 3.05) is 6.54 Å². The van der Waals surface area contributed by atoms with Gasteiger partial charge in [0.25, 0.3) is 0 Å². The van der Waals surface area contributed by atoms with Gasteiger partial charge in [-0.2, -0.15) is 5.10 Å². The molecule has 27 heavy (non-hydrogen) atoms. The van der Waals surface area contributed by atoms with Gasteiger partial charge in [-0.25, -0.2) is 0 Å². The van der Waals surface area contributed by atoms with Crippen molar-refractivity contribution in [2.45, 2.75) is 57.7 Å². The van der Waals surface area contributed by atoms with Crippen LogP contribution >= 0.6 is 0 Å². The van der Waals surface area contributed by atoms with Crippen LogP contribution in [-0.4, -0.2) is 39.3 Å². The Morgan fingerprint density at radius 3 is 2.59 bits per heavy atom. The van der Waals surface area contributed by atoms with Gasteiger partial charge < -0.3 is 5.32 Å². The number of hydrogen-bond acceptors (Lipinski definition) is 5. The summed E-state index contributed by atoms with van der Waals surface area (Å²) in [6, 6.07) is 4.67. The SMILES string of the molecule is CC1NNC(C)C1CC(=O)NCCn1ncc(-c2ccncc2)c1C1CC1. The topological polar surface area (TPSA) is 83.9 Å². The number of carbonyl (C=O) groups excluding carboxylic acids is 1. The molecule has 0 bridgehead atoms. The predicted octanol–water partition coefficient (Wildman–Crippen LogP) is 1.83. The number of nitrogens with zero attached hydrogens (tertiary/aromatic N) is 3. The van der Waals surface area contributed by atoms with Gasteiger partial charge >= 0.3 is 0 Å². The number of nitrogens with one attached hydrogen (secondary N) is 3. The molecule has 2 aliphatic rings. The Balaban J connectivity index is 1.36. The standard InChI is InChI=1S/C20H28N6O/c1-13-17(14(2)25-24-13)11-19(27)22-9-10-26-20(16-3-4-16)18(12-23-26)15-5-7-21-8-6-15/h5-8,12-14,16-17,24-25H,3-4,9-11H2,1-2H3,(H,22,27). The van der Waals surface area contributed by atoms with Gasteiger partial charge in [-0.15, -0.1) is 0 Å². The van der Waals surface area contributed by atoms with Gasteiger partial charge in [-0.3, -0.25) is 25.3 Å². The van der Waals surface area contributed by atoms with Crippen LogP contribution in [0.3, 0.4) is 0 Å².